The van der Waals surface area contributed by atoms with E-state index in [1.807, 2.05) is 13.8 Å². The fraction of sp³-hybridized carbons (Fsp3) is 0.238. The molecule has 0 spiro atoms. The average Bonchev–Trinajstić information content (AvgIpc) is 3.01. The Balaban J connectivity index is 1.60. The number of nitrogens with two attached hydrogens (primary N) is 2. The third-order valence-corrected chi connectivity index (χ3v) is 4.82. The van der Waals surface area contributed by atoms with Crippen LogP contribution in [0.4, 0.5) is 10.1 Å². The fourth-order valence-corrected chi connectivity index (χ4v) is 3.36. The summed E-state index contributed by atoms with van der Waals surface area (Å²) in [5.41, 5.74) is 14.6. The monoisotopic (exact) mass is 398 g/mol. The summed E-state index contributed by atoms with van der Waals surface area (Å²) in [7, 11) is 0. The van der Waals surface area contributed by atoms with Gasteiger partial charge in [0.05, 0.1) is 16.8 Å². The van der Waals surface area contributed by atoms with Crippen LogP contribution in [-0.2, 0) is 11.2 Å². The number of hydrogen-bond donors (Lipinski definition) is 4. The van der Waals surface area contributed by atoms with E-state index in [-0.39, 0.29) is 35.3 Å². The second-order valence-corrected chi connectivity index (χ2v) is 6.81. The lowest BCUT2D eigenvalue weighted by Crippen LogP contribution is -2.30. The van der Waals surface area contributed by atoms with Gasteiger partial charge in [-0.2, -0.15) is 0 Å². The van der Waals surface area contributed by atoms with Crippen LogP contribution in [0.1, 0.15) is 27.2 Å². The second-order valence-electron chi connectivity index (χ2n) is 6.81. The Hall–Kier alpha value is -3.55. The van der Waals surface area contributed by atoms with Gasteiger partial charge in [-0.3, -0.25) is 9.59 Å². The molecule has 0 bridgehead atoms. The van der Waals surface area contributed by atoms with E-state index >= 15 is 0 Å². The van der Waals surface area contributed by atoms with E-state index in [1.165, 1.54) is 12.1 Å². The van der Waals surface area contributed by atoms with Gasteiger partial charge in [-0.1, -0.05) is 12.1 Å². The first kappa shape index (κ1) is 20.2. The molecule has 3 rings (SSSR count). The maximum absolute atomic E-state index is 14.0. The molecule has 0 aliphatic carbocycles. The van der Waals surface area contributed by atoms with Gasteiger partial charge in [0.2, 0.25) is 0 Å². The van der Waals surface area contributed by atoms with Crippen molar-refractivity contribution in [1.29, 1.82) is 0 Å². The number of nitrogen functional groups attached to an aromatic ring is 1. The number of anilines is 1. The van der Waals surface area contributed by atoms with Gasteiger partial charge in [0.1, 0.15) is 11.6 Å². The van der Waals surface area contributed by atoms with E-state index in [4.69, 9.17) is 16.2 Å². The van der Waals surface area contributed by atoms with Gasteiger partial charge in [0, 0.05) is 17.6 Å². The number of aromatic amines is 1. The number of halogens is 1. The highest BCUT2D eigenvalue weighted by Crippen LogP contribution is 2.28. The summed E-state index contributed by atoms with van der Waals surface area (Å²) in [6.45, 7) is 3.92. The minimum atomic E-state index is -0.668. The van der Waals surface area contributed by atoms with Crippen molar-refractivity contribution in [2.45, 2.75) is 20.3 Å². The summed E-state index contributed by atoms with van der Waals surface area (Å²) in [6, 6.07) is 7.80. The van der Waals surface area contributed by atoms with Crippen LogP contribution in [0.3, 0.4) is 0 Å². The number of nitrogens with one attached hydrogen (secondary N) is 2. The smallest absolute Gasteiger partial charge is 0.257 e. The molecular weight excluding hydrogens is 375 g/mol. The average molecular weight is 398 g/mol. The number of carbonyl (C=O) groups is 2. The van der Waals surface area contributed by atoms with Crippen LogP contribution in [-0.4, -0.2) is 29.9 Å². The van der Waals surface area contributed by atoms with Crippen LogP contribution >= 0.6 is 0 Å². The lowest BCUT2D eigenvalue weighted by Gasteiger charge is -2.11. The van der Waals surface area contributed by atoms with Gasteiger partial charge in [-0.15, -0.1) is 0 Å². The highest BCUT2D eigenvalue weighted by molar-refractivity contribution is 5.99. The summed E-state index contributed by atoms with van der Waals surface area (Å²) >= 11 is 0. The summed E-state index contributed by atoms with van der Waals surface area (Å²) in [5.74, 6) is -1.09. The zero-order valence-corrected chi connectivity index (χ0v) is 16.3. The largest absolute Gasteiger partial charge is 0.482 e. The van der Waals surface area contributed by atoms with Crippen LogP contribution in [0, 0.1) is 19.7 Å². The molecule has 0 aliphatic heterocycles. The molecule has 0 saturated heterocycles. The van der Waals surface area contributed by atoms with Crippen LogP contribution in [0.15, 0.2) is 30.3 Å². The molecule has 0 fully saturated rings. The number of carbonyl (C=O) groups excluding carboxylic acids is 2. The Bertz CT molecular complexity index is 1090. The fourth-order valence-electron chi connectivity index (χ4n) is 3.36. The lowest BCUT2D eigenvalue weighted by molar-refractivity contribution is -0.123. The molecule has 0 atom stereocenters. The number of amides is 2. The number of ether oxygens (including phenoxy) is 1. The van der Waals surface area contributed by atoms with Crippen molar-refractivity contribution >= 4 is 28.4 Å². The molecule has 0 radical (unpaired) electrons. The molecular formula is C21H23FN4O3. The summed E-state index contributed by atoms with van der Waals surface area (Å²) in [4.78, 5) is 26.5. The quantitative estimate of drug-likeness (QED) is 0.456. The van der Waals surface area contributed by atoms with Crippen LogP contribution in [0.25, 0.3) is 10.9 Å². The number of para-hydroxylation sites is 1. The maximum atomic E-state index is 14.0. The van der Waals surface area contributed by atoms with E-state index in [1.54, 1.807) is 18.2 Å². The van der Waals surface area contributed by atoms with Gasteiger partial charge in [-0.25, -0.2) is 4.39 Å². The zero-order valence-electron chi connectivity index (χ0n) is 16.3. The molecule has 3 aromatic rings. The zero-order chi connectivity index (χ0) is 21.1. The number of H-pyrrole nitrogens is 1. The Labute approximate surface area is 167 Å². The second kappa shape index (κ2) is 8.22. The third-order valence-electron chi connectivity index (χ3n) is 4.82. The number of hydrogen-bond acceptors (Lipinski definition) is 4. The Morgan fingerprint density at radius 2 is 1.97 bits per heavy atom. The van der Waals surface area contributed by atoms with Crippen molar-refractivity contribution in [3.8, 4) is 5.75 Å². The van der Waals surface area contributed by atoms with E-state index in [0.29, 0.717) is 18.5 Å². The van der Waals surface area contributed by atoms with Crippen molar-refractivity contribution in [3.05, 3.63) is 58.5 Å². The lowest BCUT2D eigenvalue weighted by atomic mass is 10.0. The Morgan fingerprint density at radius 1 is 1.21 bits per heavy atom. The first-order chi connectivity index (χ1) is 13.8. The molecule has 29 heavy (non-hydrogen) atoms. The summed E-state index contributed by atoms with van der Waals surface area (Å²) in [5, 5.41) is 3.62. The first-order valence-electron chi connectivity index (χ1n) is 9.13. The van der Waals surface area contributed by atoms with E-state index in [2.05, 4.69) is 10.3 Å². The van der Waals surface area contributed by atoms with E-state index < -0.39 is 5.91 Å². The Kier molecular flexibility index (Phi) is 5.72. The molecule has 152 valence electrons. The molecule has 2 amide bonds. The highest BCUT2D eigenvalue weighted by Gasteiger charge is 2.15. The molecule has 2 aromatic carbocycles. The number of benzene rings is 2. The van der Waals surface area contributed by atoms with Gasteiger partial charge in [0.15, 0.2) is 6.61 Å². The predicted octanol–water partition coefficient (Wildman–Crippen LogP) is 2.34. The standard InChI is InChI=1S/C21H23FN4O3/c1-11-6-7-15(22)20-18(11)13(12(2)26-20)8-9-25-17(27)10-29-16-5-3-4-14(19(16)23)21(24)28/h3-7,26H,8-10,23H2,1-2H3,(H2,24,28)(H,25,27). The minimum absolute atomic E-state index is 0.0970. The van der Waals surface area contributed by atoms with Crippen LogP contribution in [0.2, 0.25) is 0 Å². The number of fused-ring (bicyclic) bond motifs is 1. The highest BCUT2D eigenvalue weighted by atomic mass is 19.1. The minimum Gasteiger partial charge on any atom is -0.482 e. The molecule has 0 unspecified atom stereocenters. The Morgan fingerprint density at radius 3 is 2.69 bits per heavy atom. The van der Waals surface area contributed by atoms with Gasteiger partial charge in [0.25, 0.3) is 11.8 Å². The molecule has 7 nitrogen and oxygen atoms in total. The predicted molar refractivity (Wildman–Crippen MR) is 109 cm³/mol. The number of primary amides is 1. The van der Waals surface area contributed by atoms with Gasteiger partial charge >= 0.3 is 0 Å². The molecule has 8 heteroatoms. The van der Waals surface area contributed by atoms with Crippen molar-refractivity contribution in [2.75, 3.05) is 18.9 Å². The van der Waals surface area contributed by atoms with Crippen LogP contribution in [0.5, 0.6) is 5.75 Å². The normalized spacial score (nSPS) is 10.9. The maximum Gasteiger partial charge on any atom is 0.257 e. The SMILES string of the molecule is Cc1[nH]c2c(F)ccc(C)c2c1CCNC(=O)COc1cccc(C(N)=O)c1N. The third kappa shape index (κ3) is 4.16. The molecule has 0 saturated carbocycles. The van der Waals surface area contributed by atoms with Crippen molar-refractivity contribution in [2.24, 2.45) is 5.73 Å². The topological polar surface area (TPSA) is 123 Å². The van der Waals surface area contributed by atoms with Crippen molar-refractivity contribution < 1.29 is 18.7 Å². The summed E-state index contributed by atoms with van der Waals surface area (Å²) in [6.07, 6.45) is 0.543. The number of rotatable bonds is 7. The molecule has 1 heterocycles. The van der Waals surface area contributed by atoms with Gasteiger partial charge in [-0.05, 0) is 49.6 Å². The van der Waals surface area contributed by atoms with Crippen molar-refractivity contribution in [3.63, 3.8) is 0 Å². The van der Waals surface area contributed by atoms with E-state index in [0.717, 1.165) is 22.2 Å². The van der Waals surface area contributed by atoms with Crippen LogP contribution < -0.4 is 21.5 Å². The first-order valence-corrected chi connectivity index (χ1v) is 9.13. The van der Waals surface area contributed by atoms with Crippen molar-refractivity contribution in [1.82, 2.24) is 10.3 Å². The summed E-state index contributed by atoms with van der Waals surface area (Å²) < 4.78 is 19.4. The molecule has 6 N–H and O–H groups in total. The molecule has 1 aromatic heterocycles. The number of aryl methyl sites for hydroxylation is 2. The van der Waals surface area contributed by atoms with E-state index in [9.17, 15) is 14.0 Å². The molecule has 0 aliphatic rings. The van der Waals surface area contributed by atoms with Gasteiger partial charge < -0.3 is 26.5 Å². The number of aromatic nitrogens is 1.